The Hall–Kier alpha value is -0.580. The molecule has 1 aliphatic rings. The number of nitrogens with one attached hydrogen (secondary N) is 1. The molecule has 1 aromatic rings. The van der Waals surface area contributed by atoms with E-state index in [0.717, 1.165) is 43.0 Å². The smallest absolute Gasteiger partial charge is 0.123 e. The second-order valence-corrected chi connectivity index (χ2v) is 5.24. The van der Waals surface area contributed by atoms with Gasteiger partial charge in [-0.1, -0.05) is 15.9 Å². The summed E-state index contributed by atoms with van der Waals surface area (Å²) in [5, 5.41) is 3.15. The van der Waals surface area contributed by atoms with E-state index < -0.39 is 0 Å². The van der Waals surface area contributed by atoms with Crippen molar-refractivity contribution in [3.05, 3.63) is 28.2 Å². The van der Waals surface area contributed by atoms with Crippen LogP contribution in [-0.4, -0.2) is 26.9 Å². The maximum absolute atomic E-state index is 5.89. The molecule has 1 saturated heterocycles. The van der Waals surface area contributed by atoms with Gasteiger partial charge >= 0.3 is 0 Å². The van der Waals surface area contributed by atoms with Gasteiger partial charge in [0.1, 0.15) is 5.75 Å². The fourth-order valence-corrected chi connectivity index (χ4v) is 2.35. The molecule has 0 aromatic heterocycles. The summed E-state index contributed by atoms with van der Waals surface area (Å²) in [5.41, 5.74) is 1.18. The maximum Gasteiger partial charge on any atom is 0.123 e. The van der Waals surface area contributed by atoms with Gasteiger partial charge < -0.3 is 14.8 Å². The van der Waals surface area contributed by atoms with Crippen LogP contribution in [0.4, 0.5) is 0 Å². The van der Waals surface area contributed by atoms with Crippen molar-refractivity contribution in [2.45, 2.75) is 13.0 Å². The van der Waals surface area contributed by atoms with Gasteiger partial charge in [0.05, 0.1) is 13.2 Å². The van der Waals surface area contributed by atoms with Crippen LogP contribution in [0.25, 0.3) is 0 Å². The molecule has 0 bridgehead atoms. The summed E-state index contributed by atoms with van der Waals surface area (Å²) in [7, 11) is 1.94. The molecule has 0 amide bonds. The minimum atomic E-state index is 0.543. The summed E-state index contributed by atoms with van der Waals surface area (Å²) in [5.74, 6) is 1.51. The number of hydrogen-bond donors (Lipinski definition) is 1. The molecule has 4 heteroatoms. The lowest BCUT2D eigenvalue weighted by molar-refractivity contribution is 0.166. The first-order valence-corrected chi connectivity index (χ1v) is 6.72. The maximum atomic E-state index is 5.89. The van der Waals surface area contributed by atoms with Gasteiger partial charge in [-0.3, -0.25) is 0 Å². The monoisotopic (exact) mass is 299 g/mol. The highest BCUT2D eigenvalue weighted by Crippen LogP contribution is 2.24. The van der Waals surface area contributed by atoms with Crippen molar-refractivity contribution < 1.29 is 9.47 Å². The molecule has 94 valence electrons. The molecule has 0 spiro atoms. The van der Waals surface area contributed by atoms with Crippen molar-refractivity contribution in [1.82, 2.24) is 5.32 Å². The van der Waals surface area contributed by atoms with Gasteiger partial charge in [-0.2, -0.15) is 0 Å². The van der Waals surface area contributed by atoms with Crippen molar-refractivity contribution in [2.75, 3.05) is 26.9 Å². The van der Waals surface area contributed by atoms with E-state index in [1.807, 2.05) is 19.2 Å². The Morgan fingerprint density at radius 3 is 3.12 bits per heavy atom. The van der Waals surface area contributed by atoms with E-state index in [4.69, 9.17) is 9.47 Å². The summed E-state index contributed by atoms with van der Waals surface area (Å²) < 4.78 is 12.3. The van der Waals surface area contributed by atoms with Gasteiger partial charge in [0.2, 0.25) is 0 Å². The summed E-state index contributed by atoms with van der Waals surface area (Å²) in [6.07, 6.45) is 1.11. The standard InChI is InChI=1S/C13H18BrNO2/c1-15-7-11-6-12(14)2-3-13(11)17-9-10-4-5-16-8-10/h2-3,6,10,15H,4-5,7-9H2,1H3. The first-order valence-electron chi connectivity index (χ1n) is 5.93. The Bertz CT molecular complexity index is 364. The predicted octanol–water partition coefficient (Wildman–Crippen LogP) is 2.58. The first-order chi connectivity index (χ1) is 8.29. The van der Waals surface area contributed by atoms with E-state index in [1.54, 1.807) is 0 Å². The van der Waals surface area contributed by atoms with Crippen LogP contribution in [0, 0.1) is 5.92 Å². The van der Waals surface area contributed by atoms with Crippen molar-refractivity contribution in [2.24, 2.45) is 5.92 Å². The largest absolute Gasteiger partial charge is 0.493 e. The second-order valence-electron chi connectivity index (χ2n) is 4.32. The molecule has 1 aliphatic heterocycles. The Morgan fingerprint density at radius 1 is 1.53 bits per heavy atom. The highest BCUT2D eigenvalue weighted by Gasteiger charge is 2.16. The Balaban J connectivity index is 1.98. The van der Waals surface area contributed by atoms with Gasteiger partial charge in [-0.25, -0.2) is 0 Å². The van der Waals surface area contributed by atoms with E-state index in [0.29, 0.717) is 5.92 Å². The molecule has 0 radical (unpaired) electrons. The third-order valence-electron chi connectivity index (χ3n) is 2.89. The van der Waals surface area contributed by atoms with E-state index in [9.17, 15) is 0 Å². The summed E-state index contributed by atoms with van der Waals surface area (Å²) in [6, 6.07) is 6.13. The molecule has 1 unspecified atom stereocenters. The minimum Gasteiger partial charge on any atom is -0.493 e. The molecule has 1 fully saturated rings. The summed E-state index contributed by atoms with van der Waals surface area (Å²) in [6.45, 7) is 3.27. The predicted molar refractivity (Wildman–Crippen MR) is 71.3 cm³/mol. The zero-order chi connectivity index (χ0) is 12.1. The van der Waals surface area contributed by atoms with Crippen LogP contribution >= 0.6 is 15.9 Å². The fourth-order valence-electron chi connectivity index (χ4n) is 1.94. The van der Waals surface area contributed by atoms with E-state index in [2.05, 4.69) is 27.3 Å². The fraction of sp³-hybridized carbons (Fsp3) is 0.538. The molecule has 17 heavy (non-hydrogen) atoms. The summed E-state index contributed by atoms with van der Waals surface area (Å²) in [4.78, 5) is 0. The van der Waals surface area contributed by atoms with Crippen LogP contribution in [-0.2, 0) is 11.3 Å². The average Bonchev–Trinajstić information content (AvgIpc) is 2.81. The number of halogens is 1. The Kier molecular flexibility index (Phi) is 4.83. The topological polar surface area (TPSA) is 30.5 Å². The number of benzene rings is 1. The van der Waals surface area contributed by atoms with Crippen LogP contribution < -0.4 is 10.1 Å². The molecule has 1 heterocycles. The normalized spacial score (nSPS) is 19.5. The highest BCUT2D eigenvalue weighted by atomic mass is 79.9. The van der Waals surface area contributed by atoms with Crippen LogP contribution in [0.15, 0.2) is 22.7 Å². The molecular weight excluding hydrogens is 282 g/mol. The highest BCUT2D eigenvalue weighted by molar-refractivity contribution is 9.10. The lowest BCUT2D eigenvalue weighted by Gasteiger charge is -2.14. The van der Waals surface area contributed by atoms with E-state index >= 15 is 0 Å². The van der Waals surface area contributed by atoms with E-state index in [-0.39, 0.29) is 0 Å². The molecule has 0 saturated carbocycles. The van der Waals surface area contributed by atoms with Gasteiger partial charge in [0.15, 0.2) is 0 Å². The lowest BCUT2D eigenvalue weighted by atomic mass is 10.1. The van der Waals surface area contributed by atoms with Crippen LogP contribution in [0.3, 0.4) is 0 Å². The third kappa shape index (κ3) is 3.69. The SMILES string of the molecule is CNCc1cc(Br)ccc1OCC1CCOC1. The third-order valence-corrected chi connectivity index (χ3v) is 3.38. The van der Waals surface area contributed by atoms with Gasteiger partial charge in [0.25, 0.3) is 0 Å². The van der Waals surface area contributed by atoms with Gasteiger partial charge in [-0.05, 0) is 31.7 Å². The van der Waals surface area contributed by atoms with Crippen LogP contribution in [0.1, 0.15) is 12.0 Å². The molecule has 2 rings (SSSR count). The van der Waals surface area contributed by atoms with Crippen LogP contribution in [0.2, 0.25) is 0 Å². The quantitative estimate of drug-likeness (QED) is 0.906. The van der Waals surface area contributed by atoms with Crippen molar-refractivity contribution in [3.63, 3.8) is 0 Å². The van der Waals surface area contributed by atoms with Gasteiger partial charge in [0, 0.05) is 29.1 Å². The molecule has 0 aliphatic carbocycles. The molecule has 1 atom stereocenters. The molecule has 1 aromatic carbocycles. The zero-order valence-electron chi connectivity index (χ0n) is 10.0. The molecule has 1 N–H and O–H groups in total. The number of hydrogen-bond acceptors (Lipinski definition) is 3. The Morgan fingerprint density at radius 2 is 2.41 bits per heavy atom. The molecule has 3 nitrogen and oxygen atoms in total. The lowest BCUT2D eigenvalue weighted by Crippen LogP contribution is -2.14. The average molecular weight is 300 g/mol. The summed E-state index contributed by atoms with van der Waals surface area (Å²) >= 11 is 3.48. The van der Waals surface area contributed by atoms with Crippen molar-refractivity contribution in [3.8, 4) is 5.75 Å². The number of ether oxygens (including phenoxy) is 2. The first kappa shape index (κ1) is 12.9. The van der Waals surface area contributed by atoms with Crippen molar-refractivity contribution >= 4 is 15.9 Å². The minimum absolute atomic E-state index is 0.543. The zero-order valence-corrected chi connectivity index (χ0v) is 11.6. The molecular formula is C13H18BrNO2. The van der Waals surface area contributed by atoms with E-state index in [1.165, 1.54) is 5.56 Å². The second kappa shape index (κ2) is 6.38. The number of rotatable bonds is 5. The Labute approximate surface area is 111 Å². The van der Waals surface area contributed by atoms with Crippen LogP contribution in [0.5, 0.6) is 5.75 Å². The van der Waals surface area contributed by atoms with Crippen molar-refractivity contribution in [1.29, 1.82) is 0 Å². The van der Waals surface area contributed by atoms with Gasteiger partial charge in [-0.15, -0.1) is 0 Å².